The van der Waals surface area contributed by atoms with Gasteiger partial charge >= 0.3 is 0 Å². The molecule has 7 nitrogen and oxygen atoms in total. The zero-order valence-corrected chi connectivity index (χ0v) is 25.4. The van der Waals surface area contributed by atoms with E-state index >= 15 is 0 Å². The van der Waals surface area contributed by atoms with Crippen LogP contribution >= 0.6 is 0 Å². The smallest absolute Gasteiger partial charge is 0.219 e. The lowest BCUT2D eigenvalue weighted by Crippen LogP contribution is -2.31. The van der Waals surface area contributed by atoms with Crippen molar-refractivity contribution in [3.63, 3.8) is 0 Å². The first-order chi connectivity index (χ1) is 20.6. The zero-order chi connectivity index (χ0) is 29.4. The SMILES string of the molecule is CCNC(=O)CCC/C=C\C[C@@H]1[C@@H](/C=C/C(=O)CCc2ccccc2)[C@H](OC2CCCCO2)C[C@@H]1OC1CCCCO1. The highest BCUT2D eigenvalue weighted by atomic mass is 16.7. The summed E-state index contributed by atoms with van der Waals surface area (Å²) in [5.74, 6) is 0.424. The van der Waals surface area contributed by atoms with Gasteiger partial charge in [0, 0.05) is 44.9 Å². The molecular weight excluding hydrogens is 530 g/mol. The molecule has 2 unspecified atom stereocenters. The minimum atomic E-state index is -0.205. The molecule has 0 aromatic heterocycles. The molecule has 3 aliphatic rings. The van der Waals surface area contributed by atoms with Crippen molar-refractivity contribution < 1.29 is 28.5 Å². The van der Waals surface area contributed by atoms with Crippen LogP contribution in [0.25, 0.3) is 0 Å². The summed E-state index contributed by atoms with van der Waals surface area (Å²) < 4.78 is 25.1. The van der Waals surface area contributed by atoms with Gasteiger partial charge in [0.15, 0.2) is 18.4 Å². The molecule has 1 aromatic rings. The van der Waals surface area contributed by atoms with E-state index in [1.807, 2.05) is 25.1 Å². The van der Waals surface area contributed by atoms with Crippen LogP contribution in [0.5, 0.6) is 0 Å². The molecule has 0 bridgehead atoms. The predicted molar refractivity (Wildman–Crippen MR) is 164 cm³/mol. The van der Waals surface area contributed by atoms with Crippen LogP contribution in [-0.2, 0) is 35.0 Å². The lowest BCUT2D eigenvalue weighted by Gasteiger charge is -2.30. The van der Waals surface area contributed by atoms with Crippen LogP contribution in [0, 0.1) is 11.8 Å². The fraction of sp³-hybridized carbons (Fsp3) is 0.657. The highest BCUT2D eigenvalue weighted by Crippen LogP contribution is 2.42. The summed E-state index contributed by atoms with van der Waals surface area (Å²) in [6.07, 6.45) is 18.9. The highest BCUT2D eigenvalue weighted by molar-refractivity contribution is 5.89. The Morgan fingerprint density at radius 1 is 0.929 bits per heavy atom. The lowest BCUT2D eigenvalue weighted by molar-refractivity contribution is -0.203. The molecule has 2 aliphatic heterocycles. The van der Waals surface area contributed by atoms with E-state index < -0.39 is 0 Å². The first-order valence-electron chi connectivity index (χ1n) is 16.3. The summed E-state index contributed by atoms with van der Waals surface area (Å²) in [5.41, 5.74) is 1.17. The molecule has 2 heterocycles. The number of carbonyl (C=O) groups excluding carboxylic acids is 2. The van der Waals surface area contributed by atoms with Crippen LogP contribution in [0.4, 0.5) is 0 Å². The number of benzene rings is 1. The molecule has 3 fully saturated rings. The van der Waals surface area contributed by atoms with Gasteiger partial charge in [-0.3, -0.25) is 9.59 Å². The van der Waals surface area contributed by atoms with E-state index in [1.54, 1.807) is 6.08 Å². The van der Waals surface area contributed by atoms with Crippen LogP contribution in [-0.4, -0.2) is 56.2 Å². The Morgan fingerprint density at radius 2 is 1.64 bits per heavy atom. The van der Waals surface area contributed by atoms with Gasteiger partial charge in [0.05, 0.1) is 12.2 Å². The summed E-state index contributed by atoms with van der Waals surface area (Å²) in [6.45, 7) is 4.08. The van der Waals surface area contributed by atoms with Crippen molar-refractivity contribution in [3.8, 4) is 0 Å². The molecule has 7 heteroatoms. The van der Waals surface area contributed by atoms with Gasteiger partial charge in [0.2, 0.25) is 5.91 Å². The van der Waals surface area contributed by atoms with E-state index in [1.165, 1.54) is 5.56 Å². The number of unbranched alkanes of at least 4 members (excludes halogenated alkanes) is 1. The number of ether oxygens (including phenoxy) is 4. The quantitative estimate of drug-likeness (QED) is 0.137. The average Bonchev–Trinajstić information content (AvgIpc) is 3.33. The average molecular weight is 582 g/mol. The largest absolute Gasteiger partial charge is 0.356 e. The van der Waals surface area contributed by atoms with Crippen molar-refractivity contribution >= 4 is 11.7 Å². The summed E-state index contributed by atoms with van der Waals surface area (Å²) in [5, 5.41) is 2.86. The van der Waals surface area contributed by atoms with E-state index in [9.17, 15) is 9.59 Å². The second-order valence-electron chi connectivity index (χ2n) is 11.8. The van der Waals surface area contributed by atoms with Gasteiger partial charge in [-0.2, -0.15) is 0 Å². The Labute approximate surface area is 252 Å². The van der Waals surface area contributed by atoms with E-state index in [0.29, 0.717) is 19.4 Å². The third-order valence-electron chi connectivity index (χ3n) is 8.53. The van der Waals surface area contributed by atoms with Gasteiger partial charge in [-0.1, -0.05) is 48.6 Å². The Hall–Kier alpha value is -2.32. The van der Waals surface area contributed by atoms with Gasteiger partial charge in [-0.25, -0.2) is 0 Å². The summed E-state index contributed by atoms with van der Waals surface area (Å²) in [7, 11) is 0. The highest BCUT2D eigenvalue weighted by Gasteiger charge is 2.45. The molecule has 1 saturated carbocycles. The van der Waals surface area contributed by atoms with Crippen molar-refractivity contribution in [3.05, 3.63) is 60.2 Å². The summed E-state index contributed by atoms with van der Waals surface area (Å²) in [6, 6.07) is 10.2. The molecule has 1 amide bonds. The molecule has 232 valence electrons. The number of hydrogen-bond acceptors (Lipinski definition) is 6. The maximum atomic E-state index is 13.0. The molecule has 0 spiro atoms. The van der Waals surface area contributed by atoms with E-state index in [4.69, 9.17) is 18.9 Å². The van der Waals surface area contributed by atoms with Gasteiger partial charge in [0.1, 0.15) is 0 Å². The minimum Gasteiger partial charge on any atom is -0.356 e. The molecule has 6 atom stereocenters. The summed E-state index contributed by atoms with van der Waals surface area (Å²) in [4.78, 5) is 24.7. The maximum absolute atomic E-state index is 13.0. The zero-order valence-electron chi connectivity index (χ0n) is 25.4. The van der Waals surface area contributed by atoms with Crippen LogP contribution in [0.15, 0.2) is 54.6 Å². The van der Waals surface area contributed by atoms with Crippen molar-refractivity contribution in [2.24, 2.45) is 11.8 Å². The molecule has 1 aromatic carbocycles. The van der Waals surface area contributed by atoms with Crippen LogP contribution in [0.2, 0.25) is 0 Å². The van der Waals surface area contributed by atoms with Crippen LogP contribution in [0.3, 0.4) is 0 Å². The first-order valence-corrected chi connectivity index (χ1v) is 16.3. The number of aryl methyl sites for hydroxylation is 1. The second kappa shape index (κ2) is 18.4. The number of ketones is 1. The molecule has 2 saturated heterocycles. The van der Waals surface area contributed by atoms with Crippen molar-refractivity contribution in [1.29, 1.82) is 0 Å². The molecule has 42 heavy (non-hydrogen) atoms. The van der Waals surface area contributed by atoms with Gasteiger partial charge < -0.3 is 24.3 Å². The third kappa shape index (κ3) is 11.1. The third-order valence-corrected chi connectivity index (χ3v) is 8.53. The molecule has 1 aliphatic carbocycles. The first kappa shape index (κ1) is 32.6. The predicted octanol–water partition coefficient (Wildman–Crippen LogP) is 6.46. The van der Waals surface area contributed by atoms with Crippen molar-refractivity contribution in [2.75, 3.05) is 19.8 Å². The topological polar surface area (TPSA) is 83.1 Å². The van der Waals surface area contributed by atoms with Crippen LogP contribution in [0.1, 0.15) is 89.5 Å². The molecule has 4 rings (SSSR count). The Bertz CT molecular complexity index is 982. The van der Waals surface area contributed by atoms with Gasteiger partial charge in [-0.05, 0) is 88.7 Å². The number of amides is 1. The fourth-order valence-corrected chi connectivity index (χ4v) is 6.24. The summed E-state index contributed by atoms with van der Waals surface area (Å²) >= 11 is 0. The number of hydrogen-bond donors (Lipinski definition) is 1. The Kier molecular flexibility index (Phi) is 14.3. The number of nitrogens with one attached hydrogen (secondary N) is 1. The van der Waals surface area contributed by atoms with Crippen molar-refractivity contribution in [2.45, 2.75) is 115 Å². The fourth-order valence-electron chi connectivity index (χ4n) is 6.24. The minimum absolute atomic E-state index is 0.0317. The lowest BCUT2D eigenvalue weighted by atomic mass is 9.89. The Balaban J connectivity index is 1.44. The second-order valence-corrected chi connectivity index (χ2v) is 11.8. The number of allylic oxidation sites excluding steroid dienone is 3. The van der Waals surface area contributed by atoms with Gasteiger partial charge in [0.25, 0.3) is 0 Å². The van der Waals surface area contributed by atoms with E-state index in [0.717, 1.165) is 83.8 Å². The molecule has 1 N–H and O–H groups in total. The monoisotopic (exact) mass is 581 g/mol. The number of rotatable bonds is 16. The standard InChI is InChI=1S/C35H51NO6/c1-2-36-33(38)17-9-4-3-8-16-29-30(23-22-28(37)21-20-27-14-6-5-7-15-27)32(42-35-19-11-13-25-40-35)26-31(29)41-34-18-10-12-24-39-34/h3,5-8,14-15,22-23,29-32,34-35H,2,4,9-13,16-21,24-26H2,1H3,(H,36,38)/b8-3-,23-22+/t29-,30-,31+,32-,34?,35?/m1/s1. The van der Waals surface area contributed by atoms with E-state index in [-0.39, 0.29) is 48.3 Å². The number of carbonyl (C=O) groups is 2. The van der Waals surface area contributed by atoms with Crippen molar-refractivity contribution in [1.82, 2.24) is 5.32 Å². The van der Waals surface area contributed by atoms with Gasteiger partial charge in [-0.15, -0.1) is 0 Å². The maximum Gasteiger partial charge on any atom is 0.219 e. The van der Waals surface area contributed by atoms with Crippen LogP contribution < -0.4 is 5.32 Å². The Morgan fingerprint density at radius 3 is 2.31 bits per heavy atom. The molecular formula is C35H51NO6. The van der Waals surface area contributed by atoms with E-state index in [2.05, 4.69) is 35.7 Å². The normalized spacial score (nSPS) is 28.4. The molecule has 0 radical (unpaired) electrons.